The van der Waals surface area contributed by atoms with Gasteiger partial charge < -0.3 is 0 Å². The molecule has 1 heterocycles. The number of hydrogen-bond acceptors (Lipinski definition) is 2. The Morgan fingerprint density at radius 3 is 2.47 bits per heavy atom. The zero-order chi connectivity index (χ0) is 11.4. The molecule has 1 aromatic heterocycles. The molecule has 1 rings (SSSR count). The molecule has 0 aliphatic heterocycles. The number of aryl methyl sites for hydroxylation is 2. The highest BCUT2D eigenvalue weighted by atomic mass is 35.5. The molecule has 0 N–H and O–H groups in total. The molecule has 0 saturated heterocycles. The molecule has 0 fully saturated rings. The van der Waals surface area contributed by atoms with Crippen LogP contribution in [0.15, 0.2) is 6.20 Å². The largest absolute Gasteiger partial charge is 0.241 e. The van der Waals surface area contributed by atoms with Crippen molar-refractivity contribution in [3.63, 3.8) is 0 Å². The minimum absolute atomic E-state index is 0.0100. The lowest BCUT2D eigenvalue weighted by molar-refractivity contribution is 0.573. The minimum atomic E-state index is -0.0100. The van der Waals surface area contributed by atoms with Crippen molar-refractivity contribution < 1.29 is 0 Å². The predicted molar refractivity (Wildman–Crippen MR) is 64.2 cm³/mol. The van der Waals surface area contributed by atoms with E-state index in [0.29, 0.717) is 5.92 Å². The molecule has 0 amide bonds. The van der Waals surface area contributed by atoms with E-state index in [4.69, 9.17) is 11.6 Å². The molecule has 0 spiro atoms. The van der Waals surface area contributed by atoms with Crippen LogP contribution >= 0.6 is 11.6 Å². The summed E-state index contributed by atoms with van der Waals surface area (Å²) in [6.07, 6.45) is 3.94. The fraction of sp³-hybridized carbons (Fsp3) is 0.667. The summed E-state index contributed by atoms with van der Waals surface area (Å²) in [7, 11) is 0. The van der Waals surface area contributed by atoms with Crippen molar-refractivity contribution in [1.82, 2.24) is 9.97 Å². The van der Waals surface area contributed by atoms with Gasteiger partial charge in [0.2, 0.25) is 0 Å². The smallest absolute Gasteiger partial charge is 0.128 e. The van der Waals surface area contributed by atoms with Crippen molar-refractivity contribution in [1.29, 1.82) is 0 Å². The zero-order valence-corrected chi connectivity index (χ0v) is 10.7. The van der Waals surface area contributed by atoms with Crippen molar-refractivity contribution in [2.75, 3.05) is 0 Å². The molecule has 15 heavy (non-hydrogen) atoms. The van der Waals surface area contributed by atoms with E-state index in [1.807, 2.05) is 20.0 Å². The standard InChI is InChI=1S/C12H19ClN2/c1-8(2)5-6-12-14-7-11(9(3)13)10(4)15-12/h7-9H,5-6H2,1-4H3. The molecule has 0 aliphatic rings. The lowest BCUT2D eigenvalue weighted by Gasteiger charge is -2.09. The first-order valence-corrected chi connectivity index (χ1v) is 5.90. The summed E-state index contributed by atoms with van der Waals surface area (Å²) < 4.78 is 0. The van der Waals surface area contributed by atoms with Gasteiger partial charge in [0.25, 0.3) is 0 Å². The summed E-state index contributed by atoms with van der Waals surface area (Å²) in [6, 6.07) is 0. The topological polar surface area (TPSA) is 25.8 Å². The Kier molecular flexibility index (Phi) is 4.52. The van der Waals surface area contributed by atoms with Gasteiger partial charge in [-0.05, 0) is 26.2 Å². The van der Waals surface area contributed by atoms with Gasteiger partial charge in [-0.2, -0.15) is 0 Å². The lowest BCUT2D eigenvalue weighted by Crippen LogP contribution is -2.03. The van der Waals surface area contributed by atoms with Crippen LogP contribution in [-0.4, -0.2) is 9.97 Å². The first kappa shape index (κ1) is 12.4. The Labute approximate surface area is 97.1 Å². The first-order valence-electron chi connectivity index (χ1n) is 5.47. The highest BCUT2D eigenvalue weighted by Crippen LogP contribution is 2.21. The lowest BCUT2D eigenvalue weighted by atomic mass is 10.1. The van der Waals surface area contributed by atoms with Gasteiger partial charge in [0.15, 0.2) is 0 Å². The van der Waals surface area contributed by atoms with Crippen LogP contribution in [0.3, 0.4) is 0 Å². The third kappa shape index (κ3) is 3.78. The molecular formula is C12H19ClN2. The molecule has 2 nitrogen and oxygen atoms in total. The average molecular weight is 227 g/mol. The molecule has 0 bridgehead atoms. The minimum Gasteiger partial charge on any atom is -0.241 e. The van der Waals surface area contributed by atoms with E-state index >= 15 is 0 Å². The SMILES string of the molecule is Cc1nc(CCC(C)C)ncc1C(C)Cl. The maximum atomic E-state index is 6.01. The van der Waals surface area contributed by atoms with Gasteiger partial charge in [-0.1, -0.05) is 13.8 Å². The van der Waals surface area contributed by atoms with Gasteiger partial charge >= 0.3 is 0 Å². The van der Waals surface area contributed by atoms with E-state index in [2.05, 4.69) is 23.8 Å². The molecule has 1 aromatic rings. The monoisotopic (exact) mass is 226 g/mol. The van der Waals surface area contributed by atoms with Crippen molar-refractivity contribution >= 4 is 11.6 Å². The van der Waals surface area contributed by atoms with E-state index in [1.54, 1.807) is 0 Å². The number of hydrogen-bond donors (Lipinski definition) is 0. The summed E-state index contributed by atoms with van der Waals surface area (Å²) in [6.45, 7) is 8.36. The quantitative estimate of drug-likeness (QED) is 0.733. The maximum Gasteiger partial charge on any atom is 0.128 e. The Balaban J connectivity index is 2.73. The van der Waals surface area contributed by atoms with Gasteiger partial charge in [0, 0.05) is 23.9 Å². The Hall–Kier alpha value is -0.630. The number of alkyl halides is 1. The van der Waals surface area contributed by atoms with Crippen molar-refractivity contribution in [2.24, 2.45) is 5.92 Å². The Morgan fingerprint density at radius 1 is 1.33 bits per heavy atom. The van der Waals surface area contributed by atoms with Crippen molar-refractivity contribution in [2.45, 2.75) is 45.9 Å². The summed E-state index contributed by atoms with van der Waals surface area (Å²) in [4.78, 5) is 8.81. The van der Waals surface area contributed by atoms with Crippen LogP contribution in [-0.2, 0) is 6.42 Å². The molecule has 0 aliphatic carbocycles. The normalized spacial score (nSPS) is 13.2. The summed E-state index contributed by atoms with van der Waals surface area (Å²) in [5, 5.41) is -0.0100. The third-order valence-corrected chi connectivity index (χ3v) is 2.68. The predicted octanol–water partition coefficient (Wildman–Crippen LogP) is 3.67. The molecule has 0 saturated carbocycles. The van der Waals surface area contributed by atoms with E-state index < -0.39 is 0 Å². The molecule has 1 atom stereocenters. The number of rotatable bonds is 4. The van der Waals surface area contributed by atoms with Crippen LogP contribution in [0.4, 0.5) is 0 Å². The molecular weight excluding hydrogens is 208 g/mol. The van der Waals surface area contributed by atoms with Crippen molar-refractivity contribution in [3.05, 3.63) is 23.3 Å². The maximum absolute atomic E-state index is 6.01. The van der Waals surface area contributed by atoms with E-state index in [0.717, 1.165) is 29.9 Å². The van der Waals surface area contributed by atoms with E-state index in [1.165, 1.54) is 0 Å². The van der Waals surface area contributed by atoms with Crippen LogP contribution in [0.2, 0.25) is 0 Å². The summed E-state index contributed by atoms with van der Waals surface area (Å²) in [5.74, 6) is 1.63. The fourth-order valence-corrected chi connectivity index (χ4v) is 1.67. The van der Waals surface area contributed by atoms with Crippen LogP contribution in [0, 0.1) is 12.8 Å². The van der Waals surface area contributed by atoms with Crippen LogP contribution in [0.1, 0.15) is 49.7 Å². The highest BCUT2D eigenvalue weighted by molar-refractivity contribution is 6.20. The number of halogens is 1. The molecule has 84 valence electrons. The highest BCUT2D eigenvalue weighted by Gasteiger charge is 2.08. The summed E-state index contributed by atoms with van der Waals surface area (Å²) >= 11 is 6.01. The number of nitrogens with zero attached hydrogens (tertiary/aromatic N) is 2. The third-order valence-electron chi connectivity index (χ3n) is 2.44. The number of aromatic nitrogens is 2. The second kappa shape index (κ2) is 5.45. The van der Waals surface area contributed by atoms with E-state index in [9.17, 15) is 0 Å². The van der Waals surface area contributed by atoms with Gasteiger partial charge in [-0.15, -0.1) is 11.6 Å². The average Bonchev–Trinajstić information content (AvgIpc) is 2.14. The Morgan fingerprint density at radius 2 is 2.00 bits per heavy atom. The van der Waals surface area contributed by atoms with Gasteiger partial charge in [-0.25, -0.2) is 9.97 Å². The fourth-order valence-electron chi connectivity index (χ4n) is 1.45. The second-order valence-corrected chi connectivity index (χ2v) is 5.03. The summed E-state index contributed by atoms with van der Waals surface area (Å²) in [5.41, 5.74) is 2.04. The van der Waals surface area contributed by atoms with Gasteiger partial charge in [0.1, 0.15) is 5.82 Å². The molecule has 0 radical (unpaired) electrons. The zero-order valence-electron chi connectivity index (χ0n) is 9.92. The first-order chi connectivity index (χ1) is 7.00. The van der Waals surface area contributed by atoms with Gasteiger partial charge in [0.05, 0.1) is 5.38 Å². The van der Waals surface area contributed by atoms with Crippen LogP contribution < -0.4 is 0 Å². The molecule has 3 heteroatoms. The molecule has 0 aromatic carbocycles. The second-order valence-electron chi connectivity index (χ2n) is 4.38. The van der Waals surface area contributed by atoms with Gasteiger partial charge in [-0.3, -0.25) is 0 Å². The van der Waals surface area contributed by atoms with Crippen LogP contribution in [0.25, 0.3) is 0 Å². The van der Waals surface area contributed by atoms with Crippen molar-refractivity contribution in [3.8, 4) is 0 Å². The molecule has 1 unspecified atom stereocenters. The van der Waals surface area contributed by atoms with Crippen LogP contribution in [0.5, 0.6) is 0 Å². The Bertz CT molecular complexity index is 321. The van der Waals surface area contributed by atoms with E-state index in [-0.39, 0.29) is 5.38 Å².